The maximum absolute atomic E-state index is 13.9. The second-order valence-electron chi connectivity index (χ2n) is 7.06. The average Bonchev–Trinajstić information content (AvgIpc) is 3.39. The SMILES string of the molecule is O=C(Nc1c(F)cccc1F)c1nc2c(s1)-c1cc(-c3cn[nH]c3)ccc1CCC2. The van der Waals surface area contributed by atoms with Crippen LogP contribution in [0, 0.1) is 11.6 Å². The van der Waals surface area contributed by atoms with Crippen molar-refractivity contribution in [2.45, 2.75) is 19.3 Å². The summed E-state index contributed by atoms with van der Waals surface area (Å²) in [5.41, 5.74) is 4.59. The Kier molecular flexibility index (Phi) is 4.63. The Morgan fingerprint density at radius 3 is 2.70 bits per heavy atom. The number of hydrogen-bond acceptors (Lipinski definition) is 4. The van der Waals surface area contributed by atoms with Gasteiger partial charge >= 0.3 is 0 Å². The van der Waals surface area contributed by atoms with Crippen molar-refractivity contribution < 1.29 is 13.6 Å². The van der Waals surface area contributed by atoms with E-state index in [0.717, 1.165) is 58.7 Å². The predicted molar refractivity (Wildman–Crippen MR) is 111 cm³/mol. The number of para-hydroxylation sites is 1. The summed E-state index contributed by atoms with van der Waals surface area (Å²) >= 11 is 1.24. The van der Waals surface area contributed by atoms with Crippen LogP contribution in [-0.4, -0.2) is 21.1 Å². The summed E-state index contributed by atoms with van der Waals surface area (Å²) in [4.78, 5) is 18.1. The van der Waals surface area contributed by atoms with Crippen LogP contribution in [0.3, 0.4) is 0 Å². The number of thiazole rings is 1. The Morgan fingerprint density at radius 2 is 1.93 bits per heavy atom. The van der Waals surface area contributed by atoms with Gasteiger partial charge in [0.05, 0.1) is 16.8 Å². The van der Waals surface area contributed by atoms with E-state index in [1.807, 2.05) is 6.20 Å². The standard InChI is InChI=1S/C22H16F2N4OS/c23-16-4-2-5-17(24)19(16)28-21(29)22-27-18-6-1-3-12-7-8-13(14-10-25-26-11-14)9-15(12)20(18)30-22/h2,4-5,7-11H,1,3,6H2,(H,25,26)(H,28,29). The number of carbonyl (C=O) groups is 1. The van der Waals surface area contributed by atoms with Crippen LogP contribution in [0.25, 0.3) is 21.6 Å². The average molecular weight is 422 g/mol. The summed E-state index contributed by atoms with van der Waals surface area (Å²) in [5, 5.41) is 9.33. The Bertz CT molecular complexity index is 1230. The number of aromatic nitrogens is 3. The molecule has 2 aromatic carbocycles. The van der Waals surface area contributed by atoms with Crippen LogP contribution in [-0.2, 0) is 12.8 Å². The molecule has 2 N–H and O–H groups in total. The number of fused-ring (bicyclic) bond motifs is 3. The maximum atomic E-state index is 13.9. The zero-order valence-corrected chi connectivity index (χ0v) is 16.5. The first-order valence-electron chi connectivity index (χ1n) is 9.47. The first kappa shape index (κ1) is 18.6. The summed E-state index contributed by atoms with van der Waals surface area (Å²) < 4.78 is 27.8. The lowest BCUT2D eigenvalue weighted by Gasteiger charge is -2.08. The molecule has 0 radical (unpaired) electrons. The largest absolute Gasteiger partial charge is 0.315 e. The third kappa shape index (κ3) is 3.29. The predicted octanol–water partition coefficient (Wildman–Crippen LogP) is 5.22. The molecule has 0 atom stereocenters. The second kappa shape index (κ2) is 7.46. The van der Waals surface area contributed by atoms with E-state index in [2.05, 4.69) is 38.7 Å². The molecule has 2 heterocycles. The van der Waals surface area contributed by atoms with E-state index < -0.39 is 23.2 Å². The molecular weight excluding hydrogens is 406 g/mol. The van der Waals surface area contributed by atoms with E-state index in [-0.39, 0.29) is 5.01 Å². The van der Waals surface area contributed by atoms with E-state index in [1.54, 1.807) is 6.20 Å². The smallest absolute Gasteiger partial charge is 0.284 e. The first-order valence-corrected chi connectivity index (χ1v) is 10.3. The van der Waals surface area contributed by atoms with Crippen molar-refractivity contribution >= 4 is 22.9 Å². The molecule has 0 fully saturated rings. The van der Waals surface area contributed by atoms with E-state index in [4.69, 9.17) is 0 Å². The number of aromatic amines is 1. The quantitative estimate of drug-likeness (QED) is 0.476. The van der Waals surface area contributed by atoms with Crippen molar-refractivity contribution in [1.29, 1.82) is 0 Å². The minimum absolute atomic E-state index is 0.184. The van der Waals surface area contributed by atoms with E-state index in [1.165, 1.54) is 23.0 Å². The van der Waals surface area contributed by atoms with Gasteiger partial charge < -0.3 is 5.32 Å². The lowest BCUT2D eigenvalue weighted by Crippen LogP contribution is -2.14. The molecule has 0 unspecified atom stereocenters. The molecule has 1 aliphatic carbocycles. The Labute approximate surface area is 174 Å². The molecule has 1 aliphatic rings. The molecular formula is C22H16F2N4OS. The summed E-state index contributed by atoms with van der Waals surface area (Å²) in [6.45, 7) is 0. The fourth-order valence-electron chi connectivity index (χ4n) is 3.65. The van der Waals surface area contributed by atoms with E-state index in [9.17, 15) is 13.6 Å². The van der Waals surface area contributed by atoms with Crippen LogP contribution < -0.4 is 5.32 Å². The van der Waals surface area contributed by atoms with Gasteiger partial charge in [-0.3, -0.25) is 9.89 Å². The normalized spacial score (nSPS) is 12.7. The van der Waals surface area contributed by atoms with Crippen molar-refractivity contribution in [3.63, 3.8) is 0 Å². The van der Waals surface area contributed by atoms with Crippen molar-refractivity contribution in [3.05, 3.63) is 76.7 Å². The molecule has 0 bridgehead atoms. The number of hydrogen-bond donors (Lipinski definition) is 2. The zero-order valence-electron chi connectivity index (χ0n) is 15.7. The summed E-state index contributed by atoms with van der Waals surface area (Å²) in [7, 11) is 0. The van der Waals surface area contributed by atoms with Gasteiger partial charge in [0.15, 0.2) is 5.01 Å². The molecule has 1 amide bonds. The van der Waals surface area contributed by atoms with Crippen LogP contribution in [0.1, 0.15) is 27.5 Å². The van der Waals surface area contributed by atoms with Crippen LogP contribution in [0.5, 0.6) is 0 Å². The van der Waals surface area contributed by atoms with Gasteiger partial charge in [-0.25, -0.2) is 13.8 Å². The molecule has 5 rings (SSSR count). The second-order valence-corrected chi connectivity index (χ2v) is 8.06. The van der Waals surface area contributed by atoms with Gasteiger partial charge in [0.2, 0.25) is 0 Å². The molecule has 0 spiro atoms. The van der Waals surface area contributed by atoms with Gasteiger partial charge in [-0.2, -0.15) is 5.10 Å². The fourth-order valence-corrected chi connectivity index (χ4v) is 4.71. The number of benzene rings is 2. The molecule has 4 aromatic rings. The molecule has 2 aromatic heterocycles. The third-order valence-electron chi connectivity index (χ3n) is 5.14. The van der Waals surface area contributed by atoms with Gasteiger partial charge in [0.25, 0.3) is 5.91 Å². The lowest BCUT2D eigenvalue weighted by atomic mass is 9.99. The first-order chi connectivity index (χ1) is 14.6. The minimum Gasteiger partial charge on any atom is -0.315 e. The van der Waals surface area contributed by atoms with Gasteiger partial charge in [0, 0.05) is 11.8 Å². The maximum Gasteiger partial charge on any atom is 0.284 e. The molecule has 5 nitrogen and oxygen atoms in total. The van der Waals surface area contributed by atoms with Gasteiger partial charge in [0.1, 0.15) is 17.3 Å². The summed E-state index contributed by atoms with van der Waals surface area (Å²) in [6.07, 6.45) is 6.16. The number of aryl methyl sites for hydroxylation is 2. The van der Waals surface area contributed by atoms with Gasteiger partial charge in [-0.05, 0) is 54.2 Å². The number of carbonyl (C=O) groups excluding carboxylic acids is 1. The number of nitrogens with zero attached hydrogens (tertiary/aromatic N) is 2. The zero-order chi connectivity index (χ0) is 20.7. The Balaban J connectivity index is 1.53. The highest BCUT2D eigenvalue weighted by Gasteiger charge is 2.23. The topological polar surface area (TPSA) is 70.7 Å². The van der Waals surface area contributed by atoms with E-state index >= 15 is 0 Å². The van der Waals surface area contributed by atoms with E-state index in [0.29, 0.717) is 0 Å². The van der Waals surface area contributed by atoms with Crippen LogP contribution >= 0.6 is 11.3 Å². The molecule has 0 saturated carbocycles. The highest BCUT2D eigenvalue weighted by Crippen LogP contribution is 2.39. The molecule has 150 valence electrons. The number of nitrogens with one attached hydrogen (secondary N) is 2. The molecule has 0 aliphatic heterocycles. The number of H-pyrrole nitrogens is 1. The molecule has 8 heteroatoms. The van der Waals surface area contributed by atoms with Gasteiger partial charge in [-0.15, -0.1) is 11.3 Å². The Morgan fingerprint density at radius 1 is 1.10 bits per heavy atom. The number of anilines is 1. The molecule has 30 heavy (non-hydrogen) atoms. The molecule has 0 saturated heterocycles. The third-order valence-corrected chi connectivity index (χ3v) is 6.27. The fraction of sp³-hybridized carbons (Fsp3) is 0.136. The van der Waals surface area contributed by atoms with Crippen LogP contribution in [0.2, 0.25) is 0 Å². The summed E-state index contributed by atoms with van der Waals surface area (Å²) in [5.74, 6) is -2.27. The van der Waals surface area contributed by atoms with Crippen molar-refractivity contribution in [2.24, 2.45) is 0 Å². The Hall–Kier alpha value is -3.39. The number of rotatable bonds is 3. The number of halogens is 2. The van der Waals surface area contributed by atoms with Crippen molar-refractivity contribution in [3.8, 4) is 21.6 Å². The highest BCUT2D eigenvalue weighted by atomic mass is 32.1. The summed E-state index contributed by atoms with van der Waals surface area (Å²) in [6, 6.07) is 9.69. The van der Waals surface area contributed by atoms with Crippen LogP contribution in [0.4, 0.5) is 14.5 Å². The monoisotopic (exact) mass is 422 g/mol. The van der Waals surface area contributed by atoms with Crippen molar-refractivity contribution in [2.75, 3.05) is 5.32 Å². The van der Waals surface area contributed by atoms with Gasteiger partial charge in [-0.1, -0.05) is 18.2 Å². The highest BCUT2D eigenvalue weighted by molar-refractivity contribution is 7.17. The number of amides is 1. The minimum atomic E-state index is -0.823. The van der Waals surface area contributed by atoms with Crippen molar-refractivity contribution in [1.82, 2.24) is 15.2 Å². The lowest BCUT2D eigenvalue weighted by molar-refractivity contribution is 0.102. The van der Waals surface area contributed by atoms with Crippen LogP contribution in [0.15, 0.2) is 48.8 Å².